The number of hydrogen-bond acceptors (Lipinski definition) is 3. The van der Waals surface area contributed by atoms with E-state index < -0.39 is 0 Å². The summed E-state index contributed by atoms with van der Waals surface area (Å²) >= 11 is 0. The van der Waals surface area contributed by atoms with Crippen LogP contribution in [0.3, 0.4) is 0 Å². The average molecular weight is 399 g/mol. The molecule has 152 valence electrons. The van der Waals surface area contributed by atoms with E-state index in [9.17, 15) is 4.79 Å². The number of ketones is 1. The Labute approximate surface area is 176 Å². The predicted molar refractivity (Wildman–Crippen MR) is 118 cm³/mol. The normalized spacial score (nSPS) is 13.7. The SMILES string of the molecule is O=C(Cc1cnn(Cc2cccc(CCCC3CC3)c2)c1)c1n[nH]c2ccccc12. The van der Waals surface area contributed by atoms with Crippen molar-refractivity contribution in [1.29, 1.82) is 0 Å². The molecule has 5 heteroatoms. The first kappa shape index (κ1) is 18.8. The Morgan fingerprint density at radius 3 is 2.83 bits per heavy atom. The van der Waals surface area contributed by atoms with E-state index >= 15 is 0 Å². The van der Waals surface area contributed by atoms with Gasteiger partial charge in [0.15, 0.2) is 5.78 Å². The maximum atomic E-state index is 12.7. The van der Waals surface area contributed by atoms with Crippen LogP contribution in [0.2, 0.25) is 0 Å². The maximum Gasteiger partial charge on any atom is 0.188 e. The van der Waals surface area contributed by atoms with Gasteiger partial charge in [-0.25, -0.2) is 0 Å². The second kappa shape index (κ2) is 8.27. The van der Waals surface area contributed by atoms with Crippen molar-refractivity contribution >= 4 is 16.7 Å². The first-order valence-corrected chi connectivity index (χ1v) is 10.8. The van der Waals surface area contributed by atoms with Gasteiger partial charge in [0.1, 0.15) is 5.69 Å². The van der Waals surface area contributed by atoms with Gasteiger partial charge in [-0.05, 0) is 41.5 Å². The fourth-order valence-electron chi connectivity index (χ4n) is 4.10. The fourth-order valence-corrected chi connectivity index (χ4v) is 4.10. The zero-order valence-electron chi connectivity index (χ0n) is 17.1. The molecule has 1 fully saturated rings. The van der Waals surface area contributed by atoms with Crippen LogP contribution in [0.1, 0.15) is 52.9 Å². The van der Waals surface area contributed by atoms with Gasteiger partial charge in [0.05, 0.1) is 18.3 Å². The van der Waals surface area contributed by atoms with Crippen LogP contribution in [0, 0.1) is 5.92 Å². The standard InChI is InChI=1S/C25H26N4O/c30-24(25-22-9-1-2-10-23(22)27-28-25)14-21-15-26-29(17-21)16-20-8-4-7-19(13-20)6-3-5-18-11-12-18/h1-2,4,7-10,13,15,17-18H,3,5-6,11-12,14,16H2,(H,27,28). The lowest BCUT2D eigenvalue weighted by Crippen LogP contribution is -2.04. The van der Waals surface area contributed by atoms with Crippen molar-refractivity contribution in [3.05, 3.63) is 83.3 Å². The summed E-state index contributed by atoms with van der Waals surface area (Å²) in [4.78, 5) is 12.7. The van der Waals surface area contributed by atoms with Gasteiger partial charge in [-0.1, -0.05) is 61.7 Å². The maximum absolute atomic E-state index is 12.7. The van der Waals surface area contributed by atoms with Crippen molar-refractivity contribution < 1.29 is 4.79 Å². The molecule has 2 aromatic heterocycles. The van der Waals surface area contributed by atoms with Gasteiger partial charge in [-0.2, -0.15) is 10.2 Å². The number of aryl methyl sites for hydroxylation is 1. The third-order valence-corrected chi connectivity index (χ3v) is 5.90. The molecule has 0 saturated heterocycles. The molecular formula is C25H26N4O. The Hall–Kier alpha value is -3.21. The minimum Gasteiger partial charge on any atom is -0.292 e. The molecule has 0 atom stereocenters. The van der Waals surface area contributed by atoms with Crippen LogP contribution >= 0.6 is 0 Å². The first-order chi connectivity index (χ1) is 14.7. The van der Waals surface area contributed by atoms with Crippen LogP contribution < -0.4 is 0 Å². The third-order valence-electron chi connectivity index (χ3n) is 5.90. The molecule has 0 amide bonds. The number of hydrogen-bond donors (Lipinski definition) is 1. The molecule has 0 bridgehead atoms. The Morgan fingerprint density at radius 2 is 1.93 bits per heavy atom. The number of H-pyrrole nitrogens is 1. The number of benzene rings is 2. The number of aromatic amines is 1. The van der Waals surface area contributed by atoms with Crippen molar-refractivity contribution in [2.75, 3.05) is 0 Å². The van der Waals surface area contributed by atoms with Gasteiger partial charge >= 0.3 is 0 Å². The number of carbonyl (C=O) groups is 1. The Balaban J connectivity index is 1.21. The van der Waals surface area contributed by atoms with Gasteiger partial charge in [-0.3, -0.25) is 14.6 Å². The van der Waals surface area contributed by atoms with E-state index in [2.05, 4.69) is 39.6 Å². The Kier molecular flexibility index (Phi) is 5.18. The van der Waals surface area contributed by atoms with Gasteiger partial charge in [0.2, 0.25) is 0 Å². The summed E-state index contributed by atoms with van der Waals surface area (Å²) in [5.74, 6) is 1.00. The van der Waals surface area contributed by atoms with Crippen LogP contribution in [0.5, 0.6) is 0 Å². The highest BCUT2D eigenvalue weighted by atomic mass is 16.1. The van der Waals surface area contributed by atoms with Crippen molar-refractivity contribution in [2.45, 2.75) is 45.1 Å². The van der Waals surface area contributed by atoms with Crippen LogP contribution in [-0.2, 0) is 19.4 Å². The molecule has 0 radical (unpaired) electrons. The summed E-state index contributed by atoms with van der Waals surface area (Å²) < 4.78 is 1.91. The zero-order valence-corrected chi connectivity index (χ0v) is 17.1. The molecular weight excluding hydrogens is 372 g/mol. The van der Waals surface area contributed by atoms with E-state index in [-0.39, 0.29) is 5.78 Å². The molecule has 0 unspecified atom stereocenters. The molecule has 1 N–H and O–H groups in total. The summed E-state index contributed by atoms with van der Waals surface area (Å²) in [6, 6.07) is 16.5. The zero-order chi connectivity index (χ0) is 20.3. The van der Waals surface area contributed by atoms with E-state index in [0.29, 0.717) is 12.1 Å². The molecule has 5 nitrogen and oxygen atoms in total. The first-order valence-electron chi connectivity index (χ1n) is 10.8. The molecule has 5 rings (SSSR count). The van der Waals surface area contributed by atoms with Gasteiger partial charge in [0.25, 0.3) is 0 Å². The van der Waals surface area contributed by atoms with E-state index in [1.807, 2.05) is 35.1 Å². The lowest BCUT2D eigenvalue weighted by atomic mass is 10.0. The quantitative estimate of drug-likeness (QED) is 0.405. The second-order valence-electron chi connectivity index (χ2n) is 8.42. The van der Waals surface area contributed by atoms with Crippen molar-refractivity contribution in [3.8, 4) is 0 Å². The number of nitrogens with one attached hydrogen (secondary N) is 1. The summed E-state index contributed by atoms with van der Waals surface area (Å²) in [5, 5.41) is 12.5. The predicted octanol–water partition coefficient (Wildman–Crippen LogP) is 4.97. The van der Waals surface area contributed by atoms with Crippen molar-refractivity contribution in [1.82, 2.24) is 20.0 Å². The molecule has 1 aliphatic carbocycles. The molecule has 30 heavy (non-hydrogen) atoms. The molecule has 0 spiro atoms. The van der Waals surface area contributed by atoms with E-state index in [1.165, 1.54) is 36.8 Å². The number of rotatable bonds is 9. The molecule has 1 saturated carbocycles. The highest BCUT2D eigenvalue weighted by Gasteiger charge is 2.20. The molecule has 2 heterocycles. The number of fused-ring (bicyclic) bond motifs is 1. The van der Waals surface area contributed by atoms with Crippen LogP contribution in [0.4, 0.5) is 0 Å². The highest BCUT2D eigenvalue weighted by Crippen LogP contribution is 2.33. The van der Waals surface area contributed by atoms with Crippen molar-refractivity contribution in [2.24, 2.45) is 5.92 Å². The minimum atomic E-state index is 0.00431. The van der Waals surface area contributed by atoms with E-state index in [1.54, 1.807) is 6.20 Å². The Morgan fingerprint density at radius 1 is 1.07 bits per heavy atom. The van der Waals surface area contributed by atoms with Crippen LogP contribution in [0.25, 0.3) is 10.9 Å². The number of aromatic nitrogens is 4. The number of carbonyl (C=O) groups excluding carboxylic acids is 1. The number of Topliss-reactive ketones (excluding diaryl/α,β-unsaturated/α-hetero) is 1. The molecule has 1 aliphatic rings. The van der Waals surface area contributed by atoms with Gasteiger partial charge in [-0.15, -0.1) is 0 Å². The third kappa shape index (κ3) is 4.35. The lowest BCUT2D eigenvalue weighted by Gasteiger charge is -2.06. The topological polar surface area (TPSA) is 63.6 Å². The summed E-state index contributed by atoms with van der Waals surface area (Å²) in [7, 11) is 0. The smallest absolute Gasteiger partial charge is 0.188 e. The largest absolute Gasteiger partial charge is 0.292 e. The second-order valence-corrected chi connectivity index (χ2v) is 8.42. The molecule has 2 aromatic carbocycles. The lowest BCUT2D eigenvalue weighted by molar-refractivity contribution is 0.0989. The average Bonchev–Trinajstić information content (AvgIpc) is 3.30. The summed E-state index contributed by atoms with van der Waals surface area (Å²) in [5.41, 5.74) is 4.94. The Bertz CT molecular complexity index is 1170. The number of nitrogens with zero attached hydrogens (tertiary/aromatic N) is 3. The highest BCUT2D eigenvalue weighted by molar-refractivity contribution is 6.06. The molecule has 0 aliphatic heterocycles. The van der Waals surface area contributed by atoms with Crippen LogP contribution in [-0.4, -0.2) is 25.8 Å². The van der Waals surface area contributed by atoms with Gasteiger partial charge in [0, 0.05) is 18.0 Å². The number of para-hydroxylation sites is 1. The van der Waals surface area contributed by atoms with Crippen LogP contribution in [0.15, 0.2) is 60.9 Å². The molecule has 4 aromatic rings. The van der Waals surface area contributed by atoms with Crippen molar-refractivity contribution in [3.63, 3.8) is 0 Å². The summed E-state index contributed by atoms with van der Waals surface area (Å²) in [6.45, 7) is 0.718. The monoisotopic (exact) mass is 398 g/mol. The summed E-state index contributed by atoms with van der Waals surface area (Å²) in [6.07, 6.45) is 10.7. The minimum absolute atomic E-state index is 0.00431. The van der Waals surface area contributed by atoms with Gasteiger partial charge < -0.3 is 0 Å². The van der Waals surface area contributed by atoms with E-state index in [4.69, 9.17) is 0 Å². The fraction of sp³-hybridized carbons (Fsp3) is 0.320. The van der Waals surface area contributed by atoms with E-state index in [0.717, 1.165) is 35.3 Å².